The van der Waals surface area contributed by atoms with Crippen LogP contribution in [0, 0.1) is 0 Å². The molecule has 19 nitrogen and oxygen atoms in total. The van der Waals surface area contributed by atoms with Crippen LogP contribution in [0.2, 0.25) is 0 Å². The molecule has 6 aromatic rings. The molecule has 3 fully saturated rings. The van der Waals surface area contributed by atoms with Gasteiger partial charge >= 0.3 is 17.9 Å². The van der Waals surface area contributed by atoms with E-state index in [9.17, 15) is 24.3 Å². The second kappa shape index (κ2) is 32.3. The van der Waals surface area contributed by atoms with E-state index in [-0.39, 0.29) is 12.0 Å². The van der Waals surface area contributed by atoms with Crippen molar-refractivity contribution in [2.45, 2.75) is 72.4 Å². The Morgan fingerprint density at radius 2 is 0.900 bits per heavy atom. The predicted octanol–water partition coefficient (Wildman–Crippen LogP) is 8.94. The summed E-state index contributed by atoms with van der Waals surface area (Å²) in [7, 11) is 4.21. The maximum Gasteiger partial charge on any atom is 0.328 e. The number of nitrogens with zero attached hydrogens (tertiary/aromatic N) is 11. The number of aliphatic carboxylic acids is 3. The number of anilines is 3. The van der Waals surface area contributed by atoms with Gasteiger partial charge in [-0.05, 0) is 92.9 Å². The van der Waals surface area contributed by atoms with Gasteiger partial charge in [0.15, 0.2) is 0 Å². The van der Waals surface area contributed by atoms with Crippen LogP contribution in [0.25, 0.3) is 52.0 Å². The molecule has 1 atom stereocenters. The topological polar surface area (TPSA) is 243 Å². The summed E-state index contributed by atoms with van der Waals surface area (Å²) in [6, 6.07) is 23.2. The van der Waals surface area contributed by atoms with Crippen molar-refractivity contribution in [2.24, 2.45) is 0 Å². The highest BCUT2D eigenvalue weighted by Crippen LogP contribution is 2.27. The Morgan fingerprint density at radius 1 is 0.512 bits per heavy atom. The lowest BCUT2D eigenvalue weighted by molar-refractivity contribution is -0.132. The third-order valence-electron chi connectivity index (χ3n) is 12.9. The molecule has 9 rings (SSSR count). The van der Waals surface area contributed by atoms with E-state index >= 15 is 0 Å². The van der Waals surface area contributed by atoms with Gasteiger partial charge in [-0.15, -0.1) is 0 Å². The van der Waals surface area contributed by atoms with Gasteiger partial charge in [0, 0.05) is 100 Å². The summed E-state index contributed by atoms with van der Waals surface area (Å²) in [5, 5.41) is 35.9. The molecular weight excluding hydrogens is 1010 g/mol. The first-order valence-electron chi connectivity index (χ1n) is 27.0. The molecule has 3 aromatic carbocycles. The molecule has 0 spiro atoms. The first kappa shape index (κ1) is 62.2. The number of carbonyl (C=O) groups excluding carboxylic acids is 1. The lowest BCUT2D eigenvalue weighted by atomic mass is 10.1. The second-order valence-corrected chi connectivity index (χ2v) is 18.6. The molecule has 0 aliphatic carbocycles. The van der Waals surface area contributed by atoms with Gasteiger partial charge in [0.25, 0.3) is 0 Å². The number of carboxylic acids is 3. The van der Waals surface area contributed by atoms with Gasteiger partial charge < -0.3 is 44.9 Å². The summed E-state index contributed by atoms with van der Waals surface area (Å²) in [5.41, 5.74) is 7.33. The Kier molecular flexibility index (Phi) is 25.1. The predicted molar refractivity (Wildman–Crippen MR) is 316 cm³/mol. The van der Waals surface area contributed by atoms with Gasteiger partial charge in [0.05, 0.1) is 60.4 Å². The van der Waals surface area contributed by atoms with Gasteiger partial charge in [-0.3, -0.25) is 19.7 Å². The van der Waals surface area contributed by atoms with Crippen LogP contribution >= 0.6 is 0 Å². The van der Waals surface area contributed by atoms with E-state index in [4.69, 9.17) is 25.3 Å². The number of piperidine rings is 1. The van der Waals surface area contributed by atoms with Crippen molar-refractivity contribution >= 4 is 59.5 Å². The maximum absolute atomic E-state index is 11.6. The van der Waals surface area contributed by atoms with Crippen LogP contribution in [0.15, 0.2) is 128 Å². The Hall–Kier alpha value is -8.68. The lowest BCUT2D eigenvalue weighted by Crippen LogP contribution is -2.36. The number of hydrogen-bond acceptors (Lipinski definition) is 15. The first-order chi connectivity index (χ1) is 38.7. The number of carbonyl (C=O) groups is 4. The first-order valence-corrected chi connectivity index (χ1v) is 27.0. The Balaban J connectivity index is 0.000000214. The highest BCUT2D eigenvalue weighted by molar-refractivity contribution is 5.87. The zero-order chi connectivity index (χ0) is 58.0. The summed E-state index contributed by atoms with van der Waals surface area (Å²) < 4.78 is 0. The average molecular weight is 1090 g/mol. The smallest absolute Gasteiger partial charge is 0.328 e. The number of aliphatic hydroxyl groups excluding tert-OH is 1. The highest BCUT2D eigenvalue weighted by atomic mass is 16.4. The molecule has 3 aliphatic rings. The lowest BCUT2D eigenvalue weighted by Gasteiger charge is -2.30. The van der Waals surface area contributed by atoms with E-state index in [0.29, 0.717) is 12.6 Å². The molecule has 1 amide bonds. The van der Waals surface area contributed by atoms with Gasteiger partial charge in [-0.25, -0.2) is 29.3 Å². The summed E-state index contributed by atoms with van der Waals surface area (Å²) >= 11 is 0. The van der Waals surface area contributed by atoms with Crippen molar-refractivity contribution in [1.82, 2.24) is 39.7 Å². The van der Waals surface area contributed by atoms with Crippen molar-refractivity contribution in [3.63, 3.8) is 0 Å². The number of aliphatic hydroxyl groups is 1. The number of carboxylic acid groups (broad SMARTS) is 3. The maximum atomic E-state index is 11.6. The Bertz CT molecular complexity index is 3050. The zero-order valence-electron chi connectivity index (χ0n) is 46.8. The number of aromatic nitrogens is 6. The minimum atomic E-state index is -0.983. The summed E-state index contributed by atoms with van der Waals surface area (Å²) in [6.07, 6.45) is 21.7. The minimum Gasteiger partial charge on any atom is -0.478 e. The molecule has 80 heavy (non-hydrogen) atoms. The van der Waals surface area contributed by atoms with E-state index < -0.39 is 17.9 Å². The van der Waals surface area contributed by atoms with Crippen LogP contribution in [0.3, 0.4) is 0 Å². The van der Waals surface area contributed by atoms with Gasteiger partial charge in [0.2, 0.25) is 5.91 Å². The Labute approximate surface area is 469 Å². The molecule has 3 aliphatic heterocycles. The number of hydrogen-bond donors (Lipinski definition) is 4. The SMILES string of the molecule is CC.CC.CC(=O)N1CCCN(c2cncc(-c3cccc(/C=C/C(=O)O)c3)n2)CC1.CN(C)C1CCN(c2cncc(-c3cccc(/C=C/C(=O)O)c3)n2)C1.O=C(O)/C=C/c1cccc(-c2cncc(N3CCC(O)CC3)n2)c1. The molecule has 6 heterocycles. The van der Waals surface area contributed by atoms with Crippen LogP contribution in [0.1, 0.15) is 77.0 Å². The van der Waals surface area contributed by atoms with Crippen molar-refractivity contribution in [1.29, 1.82) is 0 Å². The van der Waals surface area contributed by atoms with E-state index in [0.717, 1.165) is 158 Å². The van der Waals surface area contributed by atoms with Gasteiger partial charge in [-0.1, -0.05) is 82.3 Å². The molecule has 0 radical (unpaired) electrons. The summed E-state index contributed by atoms with van der Waals surface area (Å²) in [5.74, 6) is -0.361. The third-order valence-corrected chi connectivity index (χ3v) is 12.9. The second-order valence-electron chi connectivity index (χ2n) is 18.6. The van der Waals surface area contributed by atoms with Gasteiger partial charge in [-0.2, -0.15) is 0 Å². The third kappa shape index (κ3) is 19.7. The van der Waals surface area contributed by atoms with Gasteiger partial charge in [0.1, 0.15) is 17.5 Å². The summed E-state index contributed by atoms with van der Waals surface area (Å²) in [6.45, 7) is 16.0. The van der Waals surface area contributed by atoms with Crippen LogP contribution < -0.4 is 14.7 Å². The molecule has 3 aromatic heterocycles. The molecule has 0 bridgehead atoms. The number of likely N-dealkylation sites (N-methyl/N-ethyl adjacent to an activating group) is 1. The number of amides is 1. The largest absolute Gasteiger partial charge is 0.478 e. The molecule has 4 N–H and O–H groups in total. The van der Waals surface area contributed by atoms with E-state index in [2.05, 4.69) is 53.6 Å². The van der Waals surface area contributed by atoms with Crippen molar-refractivity contribution in [2.75, 3.05) is 81.2 Å². The fourth-order valence-electron chi connectivity index (χ4n) is 8.78. The number of benzene rings is 3. The normalized spacial score (nSPS) is 15.4. The standard InChI is InChI=1S/C20H22N4O3.C19H22N4O2.C18H19N3O3.2C2H6/c1-15(25)23-8-3-9-24(11-10-23)19-14-21-13-18(22-19)17-5-2-4-16(12-17)6-7-20(26)27;1-22(2)16-8-9-23(13-16)18-12-20-11-17(21-18)15-5-3-4-14(10-15)6-7-19(24)25;22-15-6-8-21(9-7-15)17-12-19-11-16(20-17)14-3-1-2-13(10-14)4-5-18(23)24;2*1-2/h2,4-7,12-14H,3,8-11H2,1H3,(H,26,27);3-7,10-12,16H,8-9,13H2,1-2H3,(H,24,25);1-5,10-12,15,22H,6-9H2,(H,23,24);2*1-2H3/b2*7-6+;5-4+;;. The fourth-order valence-corrected chi connectivity index (χ4v) is 8.78. The van der Waals surface area contributed by atoms with Crippen molar-refractivity contribution in [3.05, 3.63) is 145 Å². The Morgan fingerprint density at radius 3 is 1.27 bits per heavy atom. The molecule has 3 saturated heterocycles. The van der Waals surface area contributed by atoms with E-state index in [1.807, 2.05) is 105 Å². The molecule has 19 heteroatoms. The van der Waals surface area contributed by atoms with Crippen molar-refractivity contribution < 1.29 is 39.6 Å². The van der Waals surface area contributed by atoms with Crippen LogP contribution in [0.4, 0.5) is 17.5 Å². The minimum absolute atomic E-state index is 0.0999. The zero-order valence-corrected chi connectivity index (χ0v) is 46.8. The molecular formula is C61H75N11O8. The molecule has 0 saturated carbocycles. The monoisotopic (exact) mass is 1090 g/mol. The summed E-state index contributed by atoms with van der Waals surface area (Å²) in [4.78, 5) is 81.4. The van der Waals surface area contributed by atoms with Crippen LogP contribution in [-0.4, -0.2) is 163 Å². The highest BCUT2D eigenvalue weighted by Gasteiger charge is 2.25. The van der Waals surface area contributed by atoms with Crippen LogP contribution in [0.5, 0.6) is 0 Å². The average Bonchev–Trinajstić information content (AvgIpc) is 3.87. The number of rotatable bonds is 13. The fraction of sp³-hybridized carbons (Fsp3) is 0.344. The van der Waals surface area contributed by atoms with E-state index in [1.54, 1.807) is 62.3 Å². The van der Waals surface area contributed by atoms with Crippen LogP contribution in [-0.2, 0) is 19.2 Å². The quantitative estimate of drug-likeness (QED) is 0.0789. The van der Waals surface area contributed by atoms with E-state index in [1.165, 1.54) is 0 Å². The van der Waals surface area contributed by atoms with Crippen molar-refractivity contribution in [3.8, 4) is 33.8 Å². The molecule has 422 valence electrons. The molecule has 1 unspecified atom stereocenters.